The maximum atomic E-state index is 13.8. The topological polar surface area (TPSA) is 121 Å². The lowest BCUT2D eigenvalue weighted by molar-refractivity contribution is 0.350. The summed E-state index contributed by atoms with van der Waals surface area (Å²) in [6.45, 7) is -0.585. The van der Waals surface area contributed by atoms with E-state index in [0.29, 0.717) is 0 Å². The van der Waals surface area contributed by atoms with E-state index in [-0.39, 0.29) is 24.5 Å². The van der Waals surface area contributed by atoms with Crippen LogP contribution in [-0.4, -0.2) is 40.8 Å². The highest BCUT2D eigenvalue weighted by molar-refractivity contribution is 7.89. The van der Waals surface area contributed by atoms with Gasteiger partial charge in [0.2, 0.25) is 10.0 Å². The summed E-state index contributed by atoms with van der Waals surface area (Å²) in [6.07, 6.45) is 0. The highest BCUT2D eigenvalue weighted by Gasteiger charge is 2.19. The Morgan fingerprint density at radius 1 is 1.43 bits per heavy atom. The fraction of sp³-hybridized carbons (Fsp3) is 0.182. The number of rotatable bonds is 4. The van der Waals surface area contributed by atoms with Gasteiger partial charge in [-0.2, -0.15) is 5.21 Å². The molecular weight excluding hydrogens is 301 g/mol. The van der Waals surface area contributed by atoms with E-state index in [0.717, 1.165) is 12.1 Å². The molecule has 0 spiro atoms. The highest BCUT2D eigenvalue weighted by atomic mass is 32.2. The van der Waals surface area contributed by atoms with Gasteiger partial charge in [-0.1, -0.05) is 17.1 Å². The number of halogens is 1. The minimum atomic E-state index is -4.05. The maximum absolute atomic E-state index is 13.8. The molecule has 0 aliphatic heterocycles. The lowest BCUT2D eigenvalue weighted by Crippen LogP contribution is -2.24. The van der Waals surface area contributed by atoms with Crippen molar-refractivity contribution in [2.75, 3.05) is 6.61 Å². The summed E-state index contributed by atoms with van der Waals surface area (Å²) in [7, 11) is -4.05. The number of sulfonamides is 1. The van der Waals surface area contributed by atoms with Gasteiger partial charge in [0.15, 0.2) is 5.82 Å². The van der Waals surface area contributed by atoms with E-state index >= 15 is 0 Å². The van der Waals surface area contributed by atoms with Crippen LogP contribution in [0.5, 0.6) is 0 Å². The summed E-state index contributed by atoms with van der Waals surface area (Å²) in [5.41, 5.74) is 0.263. The molecule has 3 N–H and O–H groups in total. The first kappa shape index (κ1) is 15.0. The van der Waals surface area contributed by atoms with Crippen molar-refractivity contribution in [3.63, 3.8) is 0 Å². The molecule has 0 saturated heterocycles. The van der Waals surface area contributed by atoms with E-state index in [9.17, 15) is 12.8 Å². The predicted octanol–water partition coefficient (Wildman–Crippen LogP) is -0.839. The second-order valence-electron chi connectivity index (χ2n) is 3.76. The summed E-state index contributed by atoms with van der Waals surface area (Å²) >= 11 is 0. The number of nitrogens with one attached hydrogen (secondary N) is 2. The number of aromatic amines is 1. The Balaban J connectivity index is 2.19. The van der Waals surface area contributed by atoms with Crippen molar-refractivity contribution in [1.82, 2.24) is 25.3 Å². The molecule has 110 valence electrons. The van der Waals surface area contributed by atoms with Gasteiger partial charge in [-0.15, -0.1) is 10.2 Å². The minimum Gasteiger partial charge on any atom is -0.384 e. The molecule has 1 heterocycles. The molecule has 0 unspecified atom stereocenters. The van der Waals surface area contributed by atoms with Gasteiger partial charge in [-0.3, -0.25) is 0 Å². The van der Waals surface area contributed by atoms with E-state index in [1.807, 2.05) is 0 Å². The number of aliphatic hydroxyl groups is 1. The third kappa shape index (κ3) is 3.82. The fourth-order valence-corrected chi connectivity index (χ4v) is 2.47. The first-order valence-corrected chi connectivity index (χ1v) is 7.12. The smallest absolute Gasteiger partial charge is 0.243 e. The zero-order valence-electron chi connectivity index (χ0n) is 10.5. The molecule has 0 radical (unpaired) electrons. The third-order valence-corrected chi connectivity index (χ3v) is 3.78. The van der Waals surface area contributed by atoms with E-state index in [1.54, 1.807) is 0 Å². The van der Waals surface area contributed by atoms with E-state index in [2.05, 4.69) is 37.2 Å². The van der Waals surface area contributed by atoms with Crippen LogP contribution in [0.25, 0.3) is 0 Å². The molecule has 21 heavy (non-hydrogen) atoms. The van der Waals surface area contributed by atoms with Crippen molar-refractivity contribution < 1.29 is 17.9 Å². The van der Waals surface area contributed by atoms with Gasteiger partial charge >= 0.3 is 0 Å². The molecule has 0 amide bonds. The summed E-state index contributed by atoms with van der Waals surface area (Å²) in [5.74, 6) is 4.01. The Morgan fingerprint density at radius 2 is 2.24 bits per heavy atom. The van der Waals surface area contributed by atoms with Crippen LogP contribution in [0.4, 0.5) is 4.39 Å². The number of aromatic nitrogens is 4. The SMILES string of the molecule is O=S(=O)(NCc1nn[nH]n1)c1ccc(C#CCO)cc1F. The zero-order chi connectivity index (χ0) is 15.3. The normalized spacial score (nSPS) is 11.0. The number of tetrazole rings is 1. The van der Waals surface area contributed by atoms with Crippen molar-refractivity contribution >= 4 is 10.0 Å². The first-order chi connectivity index (χ1) is 10.0. The lowest BCUT2D eigenvalue weighted by Gasteiger charge is -2.06. The first-order valence-electron chi connectivity index (χ1n) is 5.64. The Kier molecular flexibility index (Phi) is 4.59. The number of hydrogen-bond donors (Lipinski definition) is 3. The molecule has 0 bridgehead atoms. The average Bonchev–Trinajstić information content (AvgIpc) is 2.96. The highest BCUT2D eigenvalue weighted by Crippen LogP contribution is 2.15. The van der Waals surface area contributed by atoms with Crippen molar-refractivity contribution in [1.29, 1.82) is 0 Å². The van der Waals surface area contributed by atoms with Crippen LogP contribution in [0, 0.1) is 17.7 Å². The number of hydrogen-bond acceptors (Lipinski definition) is 6. The van der Waals surface area contributed by atoms with Crippen LogP contribution in [0.15, 0.2) is 23.1 Å². The van der Waals surface area contributed by atoms with Crippen LogP contribution < -0.4 is 4.72 Å². The van der Waals surface area contributed by atoms with E-state index in [1.165, 1.54) is 6.07 Å². The molecule has 1 aromatic carbocycles. The van der Waals surface area contributed by atoms with Gasteiger partial charge < -0.3 is 5.11 Å². The molecule has 1 aromatic heterocycles. The molecule has 0 aliphatic rings. The monoisotopic (exact) mass is 311 g/mol. The van der Waals surface area contributed by atoms with Gasteiger partial charge in [0, 0.05) is 5.56 Å². The Bertz CT molecular complexity index is 780. The average molecular weight is 311 g/mol. The third-order valence-electron chi connectivity index (χ3n) is 2.34. The van der Waals surface area contributed by atoms with Crippen molar-refractivity contribution in [3.8, 4) is 11.8 Å². The molecule has 0 saturated carbocycles. The van der Waals surface area contributed by atoms with Crippen LogP contribution in [0.1, 0.15) is 11.4 Å². The fourth-order valence-electron chi connectivity index (χ4n) is 1.43. The Labute approximate surface area is 119 Å². The van der Waals surface area contributed by atoms with Crippen LogP contribution in [0.2, 0.25) is 0 Å². The number of nitrogens with zero attached hydrogens (tertiary/aromatic N) is 3. The predicted molar refractivity (Wildman–Crippen MR) is 68.6 cm³/mol. The van der Waals surface area contributed by atoms with Crippen LogP contribution in [-0.2, 0) is 16.6 Å². The van der Waals surface area contributed by atoms with Crippen molar-refractivity contribution in [2.24, 2.45) is 0 Å². The van der Waals surface area contributed by atoms with E-state index in [4.69, 9.17) is 5.11 Å². The number of aliphatic hydroxyl groups excluding tert-OH is 1. The number of H-pyrrole nitrogens is 1. The summed E-state index contributed by atoms with van der Waals surface area (Å²) in [5, 5.41) is 21.1. The summed E-state index contributed by atoms with van der Waals surface area (Å²) in [4.78, 5) is -0.513. The van der Waals surface area contributed by atoms with Gasteiger partial charge in [0.25, 0.3) is 0 Å². The van der Waals surface area contributed by atoms with Gasteiger partial charge in [0.1, 0.15) is 17.3 Å². The molecule has 2 rings (SSSR count). The van der Waals surface area contributed by atoms with Crippen molar-refractivity contribution in [2.45, 2.75) is 11.4 Å². The summed E-state index contributed by atoms with van der Waals surface area (Å²) in [6, 6.07) is 3.41. The maximum Gasteiger partial charge on any atom is 0.243 e. The van der Waals surface area contributed by atoms with Crippen LogP contribution in [0.3, 0.4) is 0 Å². The largest absolute Gasteiger partial charge is 0.384 e. The van der Waals surface area contributed by atoms with Crippen molar-refractivity contribution in [3.05, 3.63) is 35.4 Å². The second-order valence-corrected chi connectivity index (χ2v) is 5.49. The van der Waals surface area contributed by atoms with Crippen LogP contribution >= 0.6 is 0 Å². The van der Waals surface area contributed by atoms with Gasteiger partial charge in [0.05, 0.1) is 6.54 Å². The molecule has 2 aromatic rings. The molecule has 8 nitrogen and oxygen atoms in total. The number of benzene rings is 1. The van der Waals surface area contributed by atoms with E-state index < -0.39 is 20.7 Å². The quantitative estimate of drug-likeness (QED) is 0.633. The molecule has 10 heteroatoms. The Hall–Kier alpha value is -2.35. The molecule has 0 aliphatic carbocycles. The zero-order valence-corrected chi connectivity index (χ0v) is 11.4. The molecular formula is C11H10FN5O3S. The lowest BCUT2D eigenvalue weighted by atomic mass is 10.2. The second kappa shape index (κ2) is 6.40. The summed E-state index contributed by atoms with van der Waals surface area (Å²) < 4.78 is 39.9. The minimum absolute atomic E-state index is 0.129. The standard InChI is InChI=1S/C11H10FN5O3S/c12-9-6-8(2-1-5-18)3-4-10(9)21(19,20)13-7-11-14-16-17-15-11/h3-4,6,13,18H,5,7H2,(H,14,15,16,17). The van der Waals surface area contributed by atoms with Gasteiger partial charge in [-0.25, -0.2) is 17.5 Å². The molecule has 0 atom stereocenters. The molecule has 0 fully saturated rings. The Morgan fingerprint density at radius 3 is 2.86 bits per heavy atom. The van der Waals surface area contributed by atoms with Gasteiger partial charge in [-0.05, 0) is 18.2 Å².